The number of hydrogen-bond acceptors (Lipinski definition) is 3. The molecular formula is C24H27NO3. The number of carbonyl (C=O) groups is 1. The second-order valence-corrected chi connectivity index (χ2v) is 9.07. The molecule has 0 aliphatic heterocycles. The van der Waals surface area contributed by atoms with Crippen LogP contribution in [0.2, 0.25) is 0 Å². The molecule has 6 rings (SSSR count). The zero-order valence-electron chi connectivity index (χ0n) is 16.0. The van der Waals surface area contributed by atoms with Crippen LogP contribution in [-0.2, 0) is 0 Å². The van der Waals surface area contributed by atoms with Gasteiger partial charge in [-0.2, -0.15) is 0 Å². The normalized spacial score (nSPS) is 32.9. The fraction of sp³-hybridized carbons (Fsp3) is 0.458. The molecule has 0 aromatic heterocycles. The van der Waals surface area contributed by atoms with E-state index in [4.69, 9.17) is 4.74 Å². The number of aliphatic hydroxyl groups excluding tert-OH is 1. The summed E-state index contributed by atoms with van der Waals surface area (Å²) in [5.41, 5.74) is 0.764. The summed E-state index contributed by atoms with van der Waals surface area (Å²) in [5, 5.41) is 13.3. The van der Waals surface area contributed by atoms with Crippen LogP contribution in [-0.4, -0.2) is 23.7 Å². The van der Waals surface area contributed by atoms with Gasteiger partial charge in [0.05, 0.1) is 0 Å². The smallest absolute Gasteiger partial charge is 0.251 e. The summed E-state index contributed by atoms with van der Waals surface area (Å²) in [7, 11) is 0. The Kier molecular flexibility index (Phi) is 4.39. The molecule has 4 nitrogen and oxygen atoms in total. The van der Waals surface area contributed by atoms with Gasteiger partial charge in [0.25, 0.3) is 5.91 Å². The van der Waals surface area contributed by atoms with Crippen LogP contribution >= 0.6 is 0 Å². The van der Waals surface area contributed by atoms with Crippen molar-refractivity contribution in [1.82, 2.24) is 5.32 Å². The first-order chi connectivity index (χ1) is 13.6. The number of amides is 1. The molecule has 2 aromatic carbocycles. The highest BCUT2D eigenvalue weighted by Gasteiger charge is 2.55. The third kappa shape index (κ3) is 3.20. The van der Waals surface area contributed by atoms with Gasteiger partial charge >= 0.3 is 0 Å². The minimum absolute atomic E-state index is 0.0194. The minimum Gasteiger partial charge on any atom is -0.457 e. The second kappa shape index (κ2) is 6.93. The summed E-state index contributed by atoms with van der Waals surface area (Å²) in [5.74, 6) is 3.16. The summed E-state index contributed by atoms with van der Waals surface area (Å²) in [6.07, 6.45) is 5.67. The van der Waals surface area contributed by atoms with E-state index in [1.54, 1.807) is 0 Å². The van der Waals surface area contributed by atoms with Crippen molar-refractivity contribution in [3.05, 3.63) is 60.2 Å². The van der Waals surface area contributed by atoms with Crippen LogP contribution < -0.4 is 10.1 Å². The van der Waals surface area contributed by atoms with E-state index in [1.807, 2.05) is 54.6 Å². The number of nitrogens with one attached hydrogen (secondary N) is 1. The summed E-state index contributed by atoms with van der Waals surface area (Å²) in [4.78, 5) is 13.0. The van der Waals surface area contributed by atoms with Gasteiger partial charge in [-0.05, 0) is 85.6 Å². The second-order valence-electron chi connectivity index (χ2n) is 9.07. The molecule has 0 heterocycles. The van der Waals surface area contributed by atoms with E-state index in [0.29, 0.717) is 29.8 Å². The molecule has 4 fully saturated rings. The lowest BCUT2D eigenvalue weighted by molar-refractivity contribution is -0.0969. The average molecular weight is 377 g/mol. The summed E-state index contributed by atoms with van der Waals surface area (Å²) in [6, 6.07) is 17.2. The quantitative estimate of drug-likeness (QED) is 0.812. The van der Waals surface area contributed by atoms with Crippen LogP contribution in [0.15, 0.2) is 54.6 Å². The van der Waals surface area contributed by atoms with Crippen LogP contribution in [0, 0.1) is 23.2 Å². The van der Waals surface area contributed by atoms with Crippen molar-refractivity contribution in [2.24, 2.45) is 23.2 Å². The lowest BCUT2D eigenvalue weighted by Crippen LogP contribution is -2.60. The Labute approximate surface area is 165 Å². The molecule has 2 atom stereocenters. The first-order valence-corrected chi connectivity index (χ1v) is 10.4. The minimum atomic E-state index is -0.0194. The molecule has 0 saturated heterocycles. The van der Waals surface area contributed by atoms with Gasteiger partial charge in [-0.15, -0.1) is 0 Å². The number of carbonyl (C=O) groups excluding carboxylic acids is 1. The standard InChI is InChI=1S/C24H27NO3/c26-15-24-12-16-9-18(13-24)22(19(10-16)14-24)25-23(27)17-5-4-8-21(11-17)28-20-6-2-1-3-7-20/h1-8,11,16,18-19,22,26H,9-10,12-15H2,(H,25,27). The van der Waals surface area contributed by atoms with Gasteiger partial charge in [0, 0.05) is 18.2 Å². The predicted octanol–water partition coefficient (Wildman–Crippen LogP) is 4.40. The average Bonchev–Trinajstić information content (AvgIpc) is 2.71. The van der Waals surface area contributed by atoms with Gasteiger partial charge < -0.3 is 15.2 Å². The molecule has 2 aromatic rings. The van der Waals surface area contributed by atoms with Crippen molar-refractivity contribution < 1.29 is 14.6 Å². The molecular weight excluding hydrogens is 350 g/mol. The fourth-order valence-electron chi connectivity index (χ4n) is 6.18. The molecule has 4 heteroatoms. The van der Waals surface area contributed by atoms with E-state index in [2.05, 4.69) is 5.32 Å². The summed E-state index contributed by atoms with van der Waals surface area (Å²) in [6.45, 7) is 0.302. The molecule has 1 amide bonds. The van der Waals surface area contributed by atoms with E-state index in [0.717, 1.165) is 24.5 Å². The largest absolute Gasteiger partial charge is 0.457 e. The summed E-state index contributed by atoms with van der Waals surface area (Å²) < 4.78 is 5.87. The molecule has 4 bridgehead atoms. The zero-order chi connectivity index (χ0) is 19.1. The molecule has 4 aliphatic carbocycles. The van der Waals surface area contributed by atoms with Crippen molar-refractivity contribution in [3.8, 4) is 11.5 Å². The third-order valence-electron chi connectivity index (χ3n) is 7.11. The number of aliphatic hydroxyl groups is 1. The third-order valence-corrected chi connectivity index (χ3v) is 7.11. The topological polar surface area (TPSA) is 58.6 Å². The van der Waals surface area contributed by atoms with Crippen molar-refractivity contribution in [1.29, 1.82) is 0 Å². The van der Waals surface area contributed by atoms with Crippen LogP contribution in [0.5, 0.6) is 11.5 Å². The molecule has 28 heavy (non-hydrogen) atoms. The Morgan fingerprint density at radius 1 is 1.00 bits per heavy atom. The molecule has 4 aliphatic rings. The van der Waals surface area contributed by atoms with Crippen molar-refractivity contribution in [3.63, 3.8) is 0 Å². The Morgan fingerprint density at radius 2 is 1.71 bits per heavy atom. The lowest BCUT2D eigenvalue weighted by Gasteiger charge is -2.59. The van der Waals surface area contributed by atoms with E-state index in [1.165, 1.54) is 19.3 Å². The molecule has 0 radical (unpaired) electrons. The highest BCUT2D eigenvalue weighted by atomic mass is 16.5. The van der Waals surface area contributed by atoms with Gasteiger partial charge in [-0.3, -0.25) is 4.79 Å². The molecule has 4 saturated carbocycles. The SMILES string of the molecule is O=C(NC1C2CC3CC1CC(CO)(C3)C2)c1cccc(Oc2ccccc2)c1. The maximum absolute atomic E-state index is 13.0. The van der Waals surface area contributed by atoms with E-state index < -0.39 is 0 Å². The monoisotopic (exact) mass is 377 g/mol. The number of para-hydroxylation sites is 1. The lowest BCUT2D eigenvalue weighted by atomic mass is 9.48. The van der Waals surface area contributed by atoms with Gasteiger partial charge in [0.1, 0.15) is 11.5 Å². The number of hydrogen-bond donors (Lipinski definition) is 2. The van der Waals surface area contributed by atoms with Crippen LogP contribution in [0.25, 0.3) is 0 Å². The van der Waals surface area contributed by atoms with E-state index in [-0.39, 0.29) is 17.4 Å². The summed E-state index contributed by atoms with van der Waals surface area (Å²) >= 11 is 0. The Bertz CT molecular complexity index is 849. The first-order valence-electron chi connectivity index (χ1n) is 10.4. The molecule has 2 N–H and O–H groups in total. The Hall–Kier alpha value is -2.33. The predicted molar refractivity (Wildman–Crippen MR) is 107 cm³/mol. The number of benzene rings is 2. The van der Waals surface area contributed by atoms with E-state index >= 15 is 0 Å². The maximum Gasteiger partial charge on any atom is 0.251 e. The highest BCUT2D eigenvalue weighted by Crippen LogP contribution is 2.59. The van der Waals surface area contributed by atoms with Gasteiger partial charge in [0.2, 0.25) is 0 Å². The van der Waals surface area contributed by atoms with Gasteiger partial charge in [0.15, 0.2) is 0 Å². The zero-order valence-corrected chi connectivity index (χ0v) is 16.0. The number of rotatable bonds is 5. The molecule has 146 valence electrons. The Morgan fingerprint density at radius 3 is 2.43 bits per heavy atom. The van der Waals surface area contributed by atoms with Gasteiger partial charge in [-0.1, -0.05) is 24.3 Å². The van der Waals surface area contributed by atoms with Gasteiger partial charge in [-0.25, -0.2) is 0 Å². The van der Waals surface area contributed by atoms with Crippen LogP contribution in [0.3, 0.4) is 0 Å². The fourth-order valence-corrected chi connectivity index (χ4v) is 6.18. The Balaban J connectivity index is 1.29. The van der Waals surface area contributed by atoms with Crippen molar-refractivity contribution >= 4 is 5.91 Å². The van der Waals surface area contributed by atoms with Crippen LogP contribution in [0.1, 0.15) is 42.5 Å². The maximum atomic E-state index is 13.0. The first kappa shape index (κ1) is 17.7. The van der Waals surface area contributed by atoms with Crippen LogP contribution in [0.4, 0.5) is 0 Å². The van der Waals surface area contributed by atoms with Crippen molar-refractivity contribution in [2.75, 3.05) is 6.61 Å². The van der Waals surface area contributed by atoms with E-state index in [9.17, 15) is 9.90 Å². The number of ether oxygens (including phenoxy) is 1. The molecule has 2 unspecified atom stereocenters. The highest BCUT2D eigenvalue weighted by molar-refractivity contribution is 5.94. The van der Waals surface area contributed by atoms with Crippen molar-refractivity contribution in [2.45, 2.75) is 38.1 Å². The molecule has 0 spiro atoms.